The quantitative estimate of drug-likeness (QED) is 0.616. The highest BCUT2D eigenvalue weighted by molar-refractivity contribution is 6.48. The van der Waals surface area contributed by atoms with Gasteiger partial charge in [-0.25, -0.2) is 0 Å². The van der Waals surface area contributed by atoms with Crippen LogP contribution < -0.4 is 4.74 Å². The molecule has 2 aromatic rings. The maximum atomic E-state index is 8.38. The highest BCUT2D eigenvalue weighted by Gasteiger charge is 2.10. The third-order valence-electron chi connectivity index (χ3n) is 2.38. The molecule has 0 spiro atoms. The summed E-state index contributed by atoms with van der Waals surface area (Å²) in [6.07, 6.45) is 4.51. The summed E-state index contributed by atoms with van der Waals surface area (Å²) < 4.78 is 10.8. The normalized spacial score (nSPS) is 11.9. The van der Waals surface area contributed by atoms with Crippen molar-refractivity contribution in [2.24, 2.45) is 0 Å². The molecule has 0 atom stereocenters. The lowest BCUT2D eigenvalue weighted by Crippen LogP contribution is -1.81. The van der Waals surface area contributed by atoms with Crippen LogP contribution in [0, 0.1) is 11.3 Å². The van der Waals surface area contributed by atoms with Crippen LogP contribution in [0.1, 0.15) is 5.76 Å². The number of furan rings is 1. The van der Waals surface area contributed by atoms with Crippen molar-refractivity contribution in [2.45, 2.75) is 0 Å². The van der Waals surface area contributed by atoms with Crippen LogP contribution in [0.2, 0.25) is 0 Å². The average Bonchev–Trinajstić information content (AvgIpc) is 2.82. The van der Waals surface area contributed by atoms with Crippen molar-refractivity contribution >= 4 is 27.6 Å². The molecule has 4 heteroatoms. The van der Waals surface area contributed by atoms with Gasteiger partial charge in [0, 0.05) is 11.5 Å². The van der Waals surface area contributed by atoms with Gasteiger partial charge in [0.25, 0.3) is 0 Å². The standard InChI is InChI=1S/C14H10ClNO2/c1-17-12-7-4-5-10-9-13(18-14(10)12)11(15)6-2-3-8-16/h2-7,9H,1H3/b3-2+,11-6+. The number of benzene rings is 1. The predicted molar refractivity (Wildman–Crippen MR) is 71.3 cm³/mol. The van der Waals surface area contributed by atoms with Crippen LogP contribution in [0.3, 0.4) is 0 Å². The fourth-order valence-corrected chi connectivity index (χ4v) is 1.74. The minimum absolute atomic E-state index is 0.430. The Kier molecular flexibility index (Phi) is 3.71. The summed E-state index contributed by atoms with van der Waals surface area (Å²) >= 11 is 6.07. The van der Waals surface area contributed by atoms with Gasteiger partial charge in [0.15, 0.2) is 11.3 Å². The number of methoxy groups -OCH3 is 1. The van der Waals surface area contributed by atoms with Crippen LogP contribution >= 0.6 is 11.6 Å². The molecule has 1 aromatic heterocycles. The van der Waals surface area contributed by atoms with Crippen molar-refractivity contribution in [2.75, 3.05) is 7.11 Å². The highest BCUT2D eigenvalue weighted by atomic mass is 35.5. The van der Waals surface area contributed by atoms with Crippen molar-refractivity contribution in [3.05, 3.63) is 48.3 Å². The third kappa shape index (κ3) is 2.39. The van der Waals surface area contributed by atoms with E-state index in [1.54, 1.807) is 19.3 Å². The molecule has 18 heavy (non-hydrogen) atoms. The molecule has 0 fully saturated rings. The van der Waals surface area contributed by atoms with Crippen LogP contribution in [0.25, 0.3) is 16.0 Å². The molecular weight excluding hydrogens is 250 g/mol. The minimum Gasteiger partial charge on any atom is -0.493 e. The van der Waals surface area contributed by atoms with E-state index < -0.39 is 0 Å². The molecule has 0 aliphatic rings. The van der Waals surface area contributed by atoms with Gasteiger partial charge in [-0.3, -0.25) is 0 Å². The van der Waals surface area contributed by atoms with E-state index in [0.29, 0.717) is 22.1 Å². The number of ether oxygens (including phenoxy) is 1. The molecule has 0 saturated heterocycles. The maximum Gasteiger partial charge on any atom is 0.176 e. The number of para-hydroxylation sites is 1. The molecule has 1 heterocycles. The van der Waals surface area contributed by atoms with Gasteiger partial charge in [0.05, 0.1) is 18.2 Å². The van der Waals surface area contributed by atoms with Crippen molar-refractivity contribution in [1.82, 2.24) is 0 Å². The Morgan fingerprint density at radius 2 is 2.33 bits per heavy atom. The van der Waals surface area contributed by atoms with Gasteiger partial charge in [-0.1, -0.05) is 29.8 Å². The summed E-state index contributed by atoms with van der Waals surface area (Å²) in [5.74, 6) is 1.20. The second-order valence-corrected chi connectivity index (χ2v) is 3.90. The maximum absolute atomic E-state index is 8.38. The second-order valence-electron chi connectivity index (χ2n) is 3.49. The van der Waals surface area contributed by atoms with Crippen LogP contribution in [0.15, 0.2) is 46.9 Å². The Balaban J connectivity index is 2.45. The van der Waals surface area contributed by atoms with Gasteiger partial charge >= 0.3 is 0 Å². The smallest absolute Gasteiger partial charge is 0.176 e. The number of nitriles is 1. The molecule has 0 amide bonds. The lowest BCUT2D eigenvalue weighted by atomic mass is 10.2. The molecule has 0 aliphatic heterocycles. The van der Waals surface area contributed by atoms with E-state index in [9.17, 15) is 0 Å². The van der Waals surface area contributed by atoms with Crippen LogP contribution in [-0.2, 0) is 0 Å². The molecule has 2 rings (SSSR count). The van der Waals surface area contributed by atoms with Gasteiger partial charge in [0.2, 0.25) is 0 Å². The zero-order valence-electron chi connectivity index (χ0n) is 9.68. The van der Waals surface area contributed by atoms with Crippen LogP contribution in [0.4, 0.5) is 0 Å². The molecule has 90 valence electrons. The van der Waals surface area contributed by atoms with Crippen molar-refractivity contribution in [3.63, 3.8) is 0 Å². The Labute approximate surface area is 110 Å². The average molecular weight is 260 g/mol. The number of halogens is 1. The predicted octanol–water partition coefficient (Wildman–Crippen LogP) is 4.10. The molecule has 0 aliphatic carbocycles. The summed E-state index contributed by atoms with van der Waals surface area (Å²) in [5.41, 5.74) is 0.658. The molecular formula is C14H10ClNO2. The number of allylic oxidation sites excluding steroid dienone is 3. The number of hydrogen-bond donors (Lipinski definition) is 0. The first-order chi connectivity index (χ1) is 8.76. The Morgan fingerprint density at radius 1 is 1.50 bits per heavy atom. The summed E-state index contributed by atoms with van der Waals surface area (Å²) in [4.78, 5) is 0. The summed E-state index contributed by atoms with van der Waals surface area (Å²) in [7, 11) is 1.59. The van der Waals surface area contributed by atoms with E-state index in [1.807, 2.05) is 30.3 Å². The van der Waals surface area contributed by atoms with E-state index in [4.69, 9.17) is 26.0 Å². The van der Waals surface area contributed by atoms with Crippen LogP contribution in [0.5, 0.6) is 5.75 Å². The minimum atomic E-state index is 0.430. The third-order valence-corrected chi connectivity index (χ3v) is 2.69. The number of nitrogens with zero attached hydrogens (tertiary/aromatic N) is 1. The molecule has 1 aromatic carbocycles. The zero-order valence-corrected chi connectivity index (χ0v) is 10.4. The van der Waals surface area contributed by atoms with Gasteiger partial charge in [-0.05, 0) is 18.2 Å². The molecule has 0 bridgehead atoms. The topological polar surface area (TPSA) is 46.2 Å². The molecule has 0 saturated carbocycles. The Morgan fingerprint density at radius 3 is 3.06 bits per heavy atom. The lowest BCUT2D eigenvalue weighted by molar-refractivity contribution is 0.410. The largest absolute Gasteiger partial charge is 0.493 e. The van der Waals surface area contributed by atoms with Crippen molar-refractivity contribution in [3.8, 4) is 11.8 Å². The number of rotatable bonds is 3. The summed E-state index contributed by atoms with van der Waals surface area (Å²) in [6.45, 7) is 0. The monoisotopic (exact) mass is 259 g/mol. The fourth-order valence-electron chi connectivity index (χ4n) is 1.57. The van der Waals surface area contributed by atoms with Crippen molar-refractivity contribution < 1.29 is 9.15 Å². The second kappa shape index (κ2) is 5.44. The highest BCUT2D eigenvalue weighted by Crippen LogP contribution is 2.32. The van der Waals surface area contributed by atoms with E-state index in [1.165, 1.54) is 6.08 Å². The SMILES string of the molecule is COc1cccc2cc(/C(Cl)=C\C=C\C#N)oc12. The van der Waals surface area contributed by atoms with E-state index in [0.717, 1.165) is 5.39 Å². The van der Waals surface area contributed by atoms with E-state index in [-0.39, 0.29) is 0 Å². The summed E-state index contributed by atoms with van der Waals surface area (Å²) in [6, 6.07) is 9.34. The van der Waals surface area contributed by atoms with Gasteiger partial charge in [0.1, 0.15) is 5.76 Å². The zero-order chi connectivity index (χ0) is 13.0. The van der Waals surface area contributed by atoms with E-state index in [2.05, 4.69) is 0 Å². The van der Waals surface area contributed by atoms with Crippen LogP contribution in [-0.4, -0.2) is 7.11 Å². The van der Waals surface area contributed by atoms with Gasteiger partial charge in [-0.2, -0.15) is 5.26 Å². The number of fused-ring (bicyclic) bond motifs is 1. The summed E-state index contributed by atoms with van der Waals surface area (Å²) in [5, 5.41) is 9.73. The first-order valence-electron chi connectivity index (χ1n) is 5.25. The first kappa shape index (κ1) is 12.3. The van der Waals surface area contributed by atoms with E-state index >= 15 is 0 Å². The number of hydrogen-bond acceptors (Lipinski definition) is 3. The first-order valence-corrected chi connectivity index (χ1v) is 5.63. The molecule has 0 N–H and O–H groups in total. The molecule has 0 radical (unpaired) electrons. The van der Waals surface area contributed by atoms with Gasteiger partial charge < -0.3 is 9.15 Å². The molecule has 3 nitrogen and oxygen atoms in total. The van der Waals surface area contributed by atoms with Crippen molar-refractivity contribution in [1.29, 1.82) is 5.26 Å². The Bertz CT molecular complexity index is 662. The fraction of sp³-hybridized carbons (Fsp3) is 0.0714. The Hall–Kier alpha value is -2.18. The molecule has 0 unspecified atom stereocenters. The lowest BCUT2D eigenvalue weighted by Gasteiger charge is -1.98. The van der Waals surface area contributed by atoms with Gasteiger partial charge in [-0.15, -0.1) is 0 Å².